The van der Waals surface area contributed by atoms with Crippen molar-refractivity contribution in [2.24, 2.45) is 0 Å². The molecule has 2 N–H and O–H groups in total. The summed E-state index contributed by atoms with van der Waals surface area (Å²) in [6.07, 6.45) is 0.448. The van der Waals surface area contributed by atoms with Crippen molar-refractivity contribution >= 4 is 5.78 Å². The van der Waals surface area contributed by atoms with Crippen molar-refractivity contribution in [2.75, 3.05) is 20.8 Å². The van der Waals surface area contributed by atoms with Crippen LogP contribution in [0.25, 0.3) is 0 Å². The number of ketones is 1. The highest BCUT2D eigenvalue weighted by Crippen LogP contribution is 2.54. The average Bonchev–Trinajstić information content (AvgIpc) is 2.54. The van der Waals surface area contributed by atoms with Crippen molar-refractivity contribution in [3.63, 3.8) is 0 Å². The minimum absolute atomic E-state index is 0.0466. The van der Waals surface area contributed by atoms with Gasteiger partial charge in [0.1, 0.15) is 34.8 Å². The number of ether oxygens (including phenoxy) is 3. The molecule has 1 unspecified atom stereocenters. The van der Waals surface area contributed by atoms with E-state index in [4.69, 9.17) is 14.2 Å². The second-order valence-corrected chi connectivity index (χ2v) is 6.05. The Balaban J connectivity index is 1.86. The van der Waals surface area contributed by atoms with Crippen LogP contribution in [0.2, 0.25) is 0 Å². The third kappa shape index (κ3) is 1.68. The van der Waals surface area contributed by atoms with Gasteiger partial charge in [-0.25, -0.2) is 0 Å². The van der Waals surface area contributed by atoms with E-state index in [1.165, 1.54) is 20.3 Å². The Bertz CT molecular complexity index is 872. The Kier molecular flexibility index (Phi) is 2.94. The van der Waals surface area contributed by atoms with Crippen LogP contribution in [0.4, 0.5) is 0 Å². The van der Waals surface area contributed by atoms with E-state index >= 15 is 0 Å². The van der Waals surface area contributed by atoms with Crippen molar-refractivity contribution in [1.29, 1.82) is 0 Å². The Labute approximate surface area is 138 Å². The normalized spacial score (nSPS) is 20.7. The molecule has 0 saturated heterocycles. The molecule has 6 nitrogen and oxygen atoms in total. The molecule has 1 aliphatic heterocycles. The molecule has 24 heavy (non-hydrogen) atoms. The lowest BCUT2D eigenvalue weighted by molar-refractivity contribution is 0.0716. The maximum atomic E-state index is 13.1. The van der Waals surface area contributed by atoms with Gasteiger partial charge in [0.2, 0.25) is 0 Å². The van der Waals surface area contributed by atoms with Crippen LogP contribution >= 0.6 is 0 Å². The van der Waals surface area contributed by atoms with Crippen molar-refractivity contribution < 1.29 is 29.2 Å². The molecule has 2 aromatic rings. The molecule has 0 radical (unpaired) electrons. The highest BCUT2D eigenvalue weighted by Gasteiger charge is 2.55. The van der Waals surface area contributed by atoms with Gasteiger partial charge in [0, 0.05) is 17.7 Å². The number of Topliss-reactive ketones (excluding diaryl/α,β-unsaturated/α-hetero) is 1. The van der Waals surface area contributed by atoms with E-state index in [9.17, 15) is 15.0 Å². The van der Waals surface area contributed by atoms with Gasteiger partial charge in [-0.3, -0.25) is 4.79 Å². The van der Waals surface area contributed by atoms with Crippen molar-refractivity contribution in [2.45, 2.75) is 11.8 Å². The van der Waals surface area contributed by atoms with Crippen LogP contribution < -0.4 is 14.2 Å². The number of rotatable bonds is 2. The number of hydrogen-bond acceptors (Lipinski definition) is 6. The quantitative estimate of drug-likeness (QED) is 0.879. The third-order valence-electron chi connectivity index (χ3n) is 4.84. The van der Waals surface area contributed by atoms with Gasteiger partial charge in [-0.2, -0.15) is 0 Å². The van der Waals surface area contributed by atoms with E-state index in [2.05, 4.69) is 0 Å². The molecule has 6 heteroatoms. The standard InChI is InChI=1S/C18H16O6/c1-22-10-5-11(19)14-13(6-10)24-8-18(17(14)21)7-9-3-4-12(23-2)16(20)15(9)18/h3-6,19-20H,7-8H2,1-2H3. The van der Waals surface area contributed by atoms with Crippen LogP contribution in [0.5, 0.6) is 28.7 Å². The van der Waals surface area contributed by atoms with Gasteiger partial charge in [-0.05, 0) is 18.1 Å². The number of phenolic OH excluding ortho intramolecular Hbond substituents is 2. The fourth-order valence-corrected chi connectivity index (χ4v) is 3.63. The lowest BCUT2D eigenvalue weighted by atomic mass is 9.59. The largest absolute Gasteiger partial charge is 0.507 e. The Hall–Kier alpha value is -2.89. The summed E-state index contributed by atoms with van der Waals surface area (Å²) >= 11 is 0. The fraction of sp³-hybridized carbons (Fsp3) is 0.278. The summed E-state index contributed by atoms with van der Waals surface area (Å²) < 4.78 is 16.0. The van der Waals surface area contributed by atoms with Crippen LogP contribution in [0.1, 0.15) is 21.5 Å². The Morgan fingerprint density at radius 2 is 1.96 bits per heavy atom. The number of methoxy groups -OCH3 is 2. The monoisotopic (exact) mass is 328 g/mol. The fourth-order valence-electron chi connectivity index (χ4n) is 3.63. The first-order chi connectivity index (χ1) is 11.5. The molecule has 4 rings (SSSR count). The molecule has 1 atom stereocenters. The van der Waals surface area contributed by atoms with Gasteiger partial charge in [0.05, 0.1) is 14.2 Å². The number of carbonyl (C=O) groups excluding carboxylic acids is 1. The highest BCUT2D eigenvalue weighted by atomic mass is 16.5. The number of aromatic hydroxyl groups is 2. The first-order valence-electron chi connectivity index (χ1n) is 7.49. The van der Waals surface area contributed by atoms with E-state index in [1.807, 2.05) is 6.07 Å². The van der Waals surface area contributed by atoms with E-state index in [1.54, 1.807) is 12.1 Å². The van der Waals surface area contributed by atoms with Gasteiger partial charge < -0.3 is 24.4 Å². The number of fused-ring (bicyclic) bond motifs is 3. The van der Waals surface area contributed by atoms with Crippen LogP contribution in [-0.4, -0.2) is 36.8 Å². The summed E-state index contributed by atoms with van der Waals surface area (Å²) in [6, 6.07) is 6.45. The maximum Gasteiger partial charge on any atom is 0.184 e. The molecule has 0 fully saturated rings. The number of carbonyl (C=O) groups is 1. The van der Waals surface area contributed by atoms with Gasteiger partial charge in [0.25, 0.3) is 0 Å². The highest BCUT2D eigenvalue weighted by molar-refractivity contribution is 6.11. The zero-order valence-electron chi connectivity index (χ0n) is 13.3. The first kappa shape index (κ1) is 14.7. The molecule has 2 aliphatic rings. The molecular weight excluding hydrogens is 312 g/mol. The minimum Gasteiger partial charge on any atom is -0.507 e. The van der Waals surface area contributed by atoms with E-state index in [0.717, 1.165) is 5.56 Å². The van der Waals surface area contributed by atoms with Crippen LogP contribution in [-0.2, 0) is 11.8 Å². The van der Waals surface area contributed by atoms with Crippen LogP contribution in [0.15, 0.2) is 24.3 Å². The molecule has 0 saturated carbocycles. The molecule has 2 aromatic carbocycles. The molecule has 0 amide bonds. The smallest absolute Gasteiger partial charge is 0.184 e. The lowest BCUT2D eigenvalue weighted by Gasteiger charge is -2.45. The van der Waals surface area contributed by atoms with Gasteiger partial charge in [-0.15, -0.1) is 0 Å². The SMILES string of the molecule is COc1cc(O)c2c(c1)OCC1(Cc3ccc(OC)c(O)c31)C2=O. The predicted octanol–water partition coefficient (Wildman–Crippen LogP) is 2.18. The van der Waals surface area contributed by atoms with E-state index < -0.39 is 5.41 Å². The molecule has 1 heterocycles. The Morgan fingerprint density at radius 1 is 1.17 bits per heavy atom. The van der Waals surface area contributed by atoms with Crippen LogP contribution in [0, 0.1) is 0 Å². The second-order valence-electron chi connectivity index (χ2n) is 6.05. The molecule has 124 valence electrons. The summed E-state index contributed by atoms with van der Waals surface area (Å²) in [5.41, 5.74) is 0.525. The number of phenols is 2. The van der Waals surface area contributed by atoms with Gasteiger partial charge in [-0.1, -0.05) is 6.07 Å². The number of hydrogen-bond donors (Lipinski definition) is 2. The topological polar surface area (TPSA) is 85.2 Å². The van der Waals surface area contributed by atoms with Gasteiger partial charge >= 0.3 is 0 Å². The third-order valence-corrected chi connectivity index (χ3v) is 4.84. The molecule has 1 aliphatic carbocycles. The average molecular weight is 328 g/mol. The molecule has 1 spiro atoms. The van der Waals surface area contributed by atoms with Crippen molar-refractivity contribution in [3.05, 3.63) is 41.0 Å². The summed E-state index contributed by atoms with van der Waals surface area (Å²) in [5, 5.41) is 20.7. The van der Waals surface area contributed by atoms with Gasteiger partial charge in [0.15, 0.2) is 17.3 Å². The lowest BCUT2D eigenvalue weighted by Crippen LogP contribution is -2.53. The van der Waals surface area contributed by atoms with Crippen LogP contribution in [0.3, 0.4) is 0 Å². The predicted molar refractivity (Wildman–Crippen MR) is 84.5 cm³/mol. The summed E-state index contributed by atoms with van der Waals surface area (Å²) in [7, 11) is 2.93. The zero-order chi connectivity index (χ0) is 17.1. The Morgan fingerprint density at radius 3 is 2.67 bits per heavy atom. The maximum absolute atomic E-state index is 13.1. The number of benzene rings is 2. The molecule has 0 bridgehead atoms. The summed E-state index contributed by atoms with van der Waals surface area (Å²) in [5.74, 6) is 0.510. The van der Waals surface area contributed by atoms with E-state index in [0.29, 0.717) is 29.2 Å². The summed E-state index contributed by atoms with van der Waals surface area (Å²) in [4.78, 5) is 13.1. The first-order valence-corrected chi connectivity index (χ1v) is 7.49. The van der Waals surface area contributed by atoms with Crippen molar-refractivity contribution in [3.8, 4) is 28.7 Å². The zero-order valence-corrected chi connectivity index (χ0v) is 13.3. The second kappa shape index (κ2) is 4.80. The van der Waals surface area contributed by atoms with Crippen molar-refractivity contribution in [1.82, 2.24) is 0 Å². The molecular formula is C18H16O6. The van der Waals surface area contributed by atoms with E-state index in [-0.39, 0.29) is 29.5 Å². The minimum atomic E-state index is -0.993. The summed E-state index contributed by atoms with van der Waals surface area (Å²) in [6.45, 7) is 0.0964. The molecule has 0 aromatic heterocycles.